The van der Waals surface area contributed by atoms with Crippen LogP contribution in [0.15, 0.2) is 24.3 Å². The van der Waals surface area contributed by atoms with Gasteiger partial charge in [0.1, 0.15) is 6.54 Å². The van der Waals surface area contributed by atoms with Crippen LogP contribution in [0.4, 0.5) is 10.5 Å². The number of carbonyl (C=O) groups excluding carboxylic acids is 1. The molecule has 0 atom stereocenters. The average Bonchev–Trinajstić information content (AvgIpc) is 2.40. The predicted octanol–water partition coefficient (Wildman–Crippen LogP) is 2.74. The van der Waals surface area contributed by atoms with Crippen LogP contribution >= 0.6 is 0 Å². The van der Waals surface area contributed by atoms with Gasteiger partial charge in [-0.15, -0.1) is 0 Å². The van der Waals surface area contributed by atoms with E-state index in [1.54, 1.807) is 4.90 Å². The maximum Gasteiger partial charge on any atom is 0.324 e. The van der Waals surface area contributed by atoms with Crippen LogP contribution in [-0.4, -0.2) is 41.6 Å². The normalized spacial score (nSPS) is 10.2. The van der Waals surface area contributed by atoms with Crippen LogP contribution in [-0.2, 0) is 4.79 Å². The molecule has 110 valence electrons. The van der Waals surface area contributed by atoms with Crippen LogP contribution in [0.5, 0.6) is 0 Å². The number of hydrogen-bond acceptors (Lipinski definition) is 2. The third kappa shape index (κ3) is 4.26. The Labute approximate surface area is 119 Å². The molecule has 0 aliphatic rings. The van der Waals surface area contributed by atoms with Crippen LogP contribution in [0.25, 0.3) is 0 Å². The monoisotopic (exact) mass is 278 g/mol. The first-order valence-electron chi connectivity index (χ1n) is 6.84. The van der Waals surface area contributed by atoms with E-state index in [9.17, 15) is 9.59 Å². The minimum Gasteiger partial charge on any atom is -0.480 e. The number of urea groups is 1. The summed E-state index contributed by atoms with van der Waals surface area (Å²) in [6.45, 7) is 6.45. The van der Waals surface area contributed by atoms with Gasteiger partial charge in [0.25, 0.3) is 0 Å². The van der Waals surface area contributed by atoms with Crippen molar-refractivity contribution in [1.29, 1.82) is 0 Å². The first-order chi connectivity index (χ1) is 9.49. The molecule has 0 heterocycles. The lowest BCUT2D eigenvalue weighted by molar-refractivity contribution is -0.137. The molecule has 5 heteroatoms. The van der Waals surface area contributed by atoms with Gasteiger partial charge in [0.2, 0.25) is 0 Å². The minimum atomic E-state index is -0.994. The Balaban J connectivity index is 2.93. The van der Waals surface area contributed by atoms with Crippen LogP contribution in [0.3, 0.4) is 0 Å². The number of anilines is 1. The van der Waals surface area contributed by atoms with E-state index in [1.807, 2.05) is 45.0 Å². The number of rotatable bonds is 6. The van der Waals surface area contributed by atoms with Gasteiger partial charge in [0.15, 0.2) is 0 Å². The zero-order valence-electron chi connectivity index (χ0n) is 12.3. The first kappa shape index (κ1) is 16.0. The molecule has 1 aromatic carbocycles. The van der Waals surface area contributed by atoms with Gasteiger partial charge in [-0.05, 0) is 32.4 Å². The number of carbonyl (C=O) groups is 2. The molecule has 0 unspecified atom stereocenters. The van der Waals surface area contributed by atoms with Gasteiger partial charge < -0.3 is 10.0 Å². The third-order valence-corrected chi connectivity index (χ3v) is 2.98. The van der Waals surface area contributed by atoms with Crippen molar-refractivity contribution in [2.45, 2.75) is 27.2 Å². The van der Waals surface area contributed by atoms with Crippen molar-refractivity contribution in [2.75, 3.05) is 24.5 Å². The summed E-state index contributed by atoms with van der Waals surface area (Å²) in [5, 5.41) is 8.91. The fourth-order valence-electron chi connectivity index (χ4n) is 2.00. The Kier molecular flexibility index (Phi) is 6.03. The summed E-state index contributed by atoms with van der Waals surface area (Å²) >= 11 is 0. The van der Waals surface area contributed by atoms with Crippen molar-refractivity contribution >= 4 is 17.7 Å². The standard InChI is InChI=1S/C15H22N2O3/c1-4-10-16(11-14(18)19)15(20)17(5-2)13-8-6-12(3)7-9-13/h6-9H,4-5,10-11H2,1-3H3,(H,18,19). The predicted molar refractivity (Wildman–Crippen MR) is 79.1 cm³/mol. The second kappa shape index (κ2) is 7.53. The van der Waals surface area contributed by atoms with E-state index in [4.69, 9.17) is 5.11 Å². The summed E-state index contributed by atoms with van der Waals surface area (Å²) in [7, 11) is 0. The van der Waals surface area contributed by atoms with E-state index in [-0.39, 0.29) is 12.6 Å². The molecule has 5 nitrogen and oxygen atoms in total. The summed E-state index contributed by atoms with van der Waals surface area (Å²) in [6.07, 6.45) is 0.727. The van der Waals surface area contributed by atoms with Crippen LogP contribution < -0.4 is 4.90 Å². The highest BCUT2D eigenvalue weighted by Gasteiger charge is 2.22. The van der Waals surface area contributed by atoms with Crippen LogP contribution in [0.2, 0.25) is 0 Å². The molecule has 0 aliphatic carbocycles. The summed E-state index contributed by atoms with van der Waals surface area (Å²) in [5.41, 5.74) is 1.91. The van der Waals surface area contributed by atoms with Gasteiger partial charge in [-0.1, -0.05) is 24.6 Å². The molecule has 0 saturated heterocycles. The SMILES string of the molecule is CCCN(CC(=O)O)C(=O)N(CC)c1ccc(C)cc1. The summed E-state index contributed by atoms with van der Waals surface area (Å²) in [4.78, 5) is 26.3. The zero-order valence-corrected chi connectivity index (χ0v) is 12.3. The van der Waals surface area contributed by atoms with Crippen LogP contribution in [0.1, 0.15) is 25.8 Å². The van der Waals surface area contributed by atoms with E-state index in [0.29, 0.717) is 13.1 Å². The Morgan fingerprint density at radius 3 is 2.20 bits per heavy atom. The number of nitrogens with zero attached hydrogens (tertiary/aromatic N) is 2. The molecule has 0 fully saturated rings. The van der Waals surface area contributed by atoms with E-state index in [1.165, 1.54) is 4.90 Å². The number of aliphatic carboxylic acids is 1. The van der Waals surface area contributed by atoms with Gasteiger partial charge in [0.05, 0.1) is 0 Å². The lowest BCUT2D eigenvalue weighted by Gasteiger charge is -2.29. The maximum absolute atomic E-state index is 12.5. The zero-order chi connectivity index (χ0) is 15.1. The minimum absolute atomic E-state index is 0.263. The molecule has 20 heavy (non-hydrogen) atoms. The molecule has 0 aliphatic heterocycles. The molecule has 0 spiro atoms. The second-order valence-corrected chi connectivity index (χ2v) is 4.68. The summed E-state index contributed by atoms with van der Waals surface area (Å²) in [6, 6.07) is 7.36. The molecule has 2 amide bonds. The fraction of sp³-hybridized carbons (Fsp3) is 0.467. The number of carboxylic acids is 1. The van der Waals surface area contributed by atoms with Crippen molar-refractivity contribution in [3.63, 3.8) is 0 Å². The molecular formula is C15H22N2O3. The summed E-state index contributed by atoms with van der Waals surface area (Å²) < 4.78 is 0. The number of amides is 2. The van der Waals surface area contributed by atoms with E-state index < -0.39 is 5.97 Å². The Bertz CT molecular complexity index is 457. The quantitative estimate of drug-likeness (QED) is 0.870. The molecular weight excluding hydrogens is 256 g/mol. The lowest BCUT2D eigenvalue weighted by Crippen LogP contribution is -2.45. The van der Waals surface area contributed by atoms with Gasteiger partial charge >= 0.3 is 12.0 Å². The fourth-order valence-corrected chi connectivity index (χ4v) is 2.00. The van der Waals surface area contributed by atoms with E-state index in [2.05, 4.69) is 0 Å². The van der Waals surface area contributed by atoms with Gasteiger partial charge in [-0.3, -0.25) is 9.69 Å². The number of aryl methyl sites for hydroxylation is 1. The Morgan fingerprint density at radius 2 is 1.75 bits per heavy atom. The number of carboxylic acid groups (broad SMARTS) is 1. The smallest absolute Gasteiger partial charge is 0.324 e. The molecule has 0 bridgehead atoms. The highest BCUT2D eigenvalue weighted by molar-refractivity contribution is 5.93. The summed E-state index contributed by atoms with van der Waals surface area (Å²) in [5.74, 6) is -0.994. The van der Waals surface area contributed by atoms with Crippen molar-refractivity contribution in [3.8, 4) is 0 Å². The van der Waals surface area contributed by atoms with Gasteiger partial charge in [-0.2, -0.15) is 0 Å². The molecule has 1 rings (SSSR count). The molecule has 1 aromatic rings. The van der Waals surface area contributed by atoms with Crippen molar-refractivity contribution in [1.82, 2.24) is 4.90 Å². The van der Waals surface area contributed by atoms with Gasteiger partial charge in [-0.25, -0.2) is 4.79 Å². The second-order valence-electron chi connectivity index (χ2n) is 4.68. The highest BCUT2D eigenvalue weighted by atomic mass is 16.4. The highest BCUT2D eigenvalue weighted by Crippen LogP contribution is 2.17. The van der Waals surface area contributed by atoms with Crippen molar-refractivity contribution < 1.29 is 14.7 Å². The van der Waals surface area contributed by atoms with Crippen LogP contribution in [0, 0.1) is 6.92 Å². The Hall–Kier alpha value is -2.04. The number of hydrogen-bond donors (Lipinski definition) is 1. The topological polar surface area (TPSA) is 60.9 Å². The average molecular weight is 278 g/mol. The number of benzene rings is 1. The largest absolute Gasteiger partial charge is 0.480 e. The molecule has 0 saturated carbocycles. The molecule has 0 aromatic heterocycles. The first-order valence-corrected chi connectivity index (χ1v) is 6.84. The van der Waals surface area contributed by atoms with Crippen molar-refractivity contribution in [2.24, 2.45) is 0 Å². The molecule has 1 N–H and O–H groups in total. The molecule has 0 radical (unpaired) electrons. The van der Waals surface area contributed by atoms with Crippen molar-refractivity contribution in [3.05, 3.63) is 29.8 Å². The van der Waals surface area contributed by atoms with E-state index in [0.717, 1.165) is 17.7 Å². The maximum atomic E-state index is 12.5. The van der Waals surface area contributed by atoms with Gasteiger partial charge in [0, 0.05) is 18.8 Å². The lowest BCUT2D eigenvalue weighted by atomic mass is 10.2. The Morgan fingerprint density at radius 1 is 1.15 bits per heavy atom. The van der Waals surface area contributed by atoms with E-state index >= 15 is 0 Å². The third-order valence-electron chi connectivity index (χ3n) is 2.98.